The largest absolute Gasteiger partial charge is 0.304 e. The Hall–Kier alpha value is -2.56. The minimum Gasteiger partial charge on any atom is -0.304 e. The van der Waals surface area contributed by atoms with Crippen LogP contribution in [0.5, 0.6) is 0 Å². The molecule has 0 N–H and O–H groups in total. The fraction of sp³-hybridized carbons (Fsp3) is 0.667. The van der Waals surface area contributed by atoms with Gasteiger partial charge in [-0.25, -0.2) is 9.97 Å². The zero-order valence-corrected chi connectivity index (χ0v) is 70.0. The molecule has 0 saturated carbocycles. The number of hydrogen-bond acceptors (Lipinski definition) is 10. The molecule has 2 amide bonds. The van der Waals surface area contributed by atoms with Crippen molar-refractivity contribution in [2.75, 3.05) is 13.1 Å². The minimum atomic E-state index is -0.0330. The van der Waals surface area contributed by atoms with Gasteiger partial charge in [-0.2, -0.15) is 0 Å². The molecule has 542 valence electrons. The predicted molar refractivity (Wildman–Crippen MR) is 442 cm³/mol. The molecule has 2 atom stereocenters. The zero-order valence-electron chi connectivity index (χ0n) is 62.0. The summed E-state index contributed by atoms with van der Waals surface area (Å²) in [7, 11) is 0. The van der Waals surface area contributed by atoms with Crippen LogP contribution in [-0.4, -0.2) is 44.7 Å². The molecule has 0 spiro atoms. The molecule has 8 heterocycles. The van der Waals surface area contributed by atoms with E-state index in [0.717, 1.165) is 108 Å². The number of hydrogen-bond donors (Lipinski definition) is 0. The molecule has 6 aromatic heterocycles. The summed E-state index contributed by atoms with van der Waals surface area (Å²) in [6, 6.07) is 9.88. The van der Waals surface area contributed by atoms with Crippen molar-refractivity contribution in [2.24, 2.45) is 11.8 Å². The predicted octanol–water partition coefficient (Wildman–Crippen LogP) is 30.0. The molecule has 0 radical (unpaired) electrons. The first-order valence-corrected chi connectivity index (χ1v) is 46.4. The third-order valence-electron chi connectivity index (χ3n) is 20.6. The Morgan fingerprint density at radius 1 is 0.327 bits per heavy atom. The number of halogens is 2. The molecule has 6 nitrogen and oxygen atoms in total. The number of rotatable bonds is 54. The van der Waals surface area contributed by atoms with E-state index in [0.29, 0.717) is 36.1 Å². The fourth-order valence-corrected chi connectivity index (χ4v) is 23.1. The van der Waals surface area contributed by atoms with E-state index in [1.54, 1.807) is 22.7 Å². The summed E-state index contributed by atoms with van der Waals surface area (Å²) in [5.41, 5.74) is 8.33. The molecule has 14 heteroatoms. The van der Waals surface area contributed by atoms with Crippen molar-refractivity contribution in [3.63, 3.8) is 0 Å². The van der Waals surface area contributed by atoms with Crippen molar-refractivity contribution in [2.45, 2.75) is 338 Å². The lowest BCUT2D eigenvalue weighted by Gasteiger charge is -2.29. The fourth-order valence-electron chi connectivity index (χ4n) is 14.7. The first-order valence-electron chi connectivity index (χ1n) is 39.9. The van der Waals surface area contributed by atoms with Gasteiger partial charge in [0.2, 0.25) is 0 Å². The standard InChI is InChI=1S/C84H124Br2N4O2S6/c1-9-17-25-33-35-39-47-61(45-37-27-19-11-3)59-89-75(81-87-57-71(97-81)67-53-63(49-41-29-21-13-5)77(93-67)69-55-65(79(85)95-69)51-43-31-23-15-7)73-74(83(89)91)76(90(84(73)92)60-62(46-38-28-20-12-4)48-40-36-34-26-18-10-2)82-88-58-72(98-82)68-54-64(50-42-30-22-14-6)78(94-68)70-56-66(80(86)96-70)52-44-32-24-16-8/h53-58,61-62H,9-52,59-60H2,1-8H3. The zero-order chi connectivity index (χ0) is 69.4. The van der Waals surface area contributed by atoms with Crippen LogP contribution in [0.25, 0.3) is 50.4 Å². The second-order valence-electron chi connectivity index (χ2n) is 28.9. The number of aromatic nitrogens is 2. The highest BCUT2D eigenvalue weighted by Crippen LogP contribution is 2.53. The van der Waals surface area contributed by atoms with Gasteiger partial charge in [-0.05, 0) is 167 Å². The van der Waals surface area contributed by atoms with Crippen LogP contribution >= 0.6 is 99.9 Å². The summed E-state index contributed by atoms with van der Waals surface area (Å²) in [5, 5.41) is 1.57. The number of fused-ring (bicyclic) bond motifs is 1. The molecule has 2 unspecified atom stereocenters. The van der Waals surface area contributed by atoms with Crippen LogP contribution < -0.4 is 0 Å². The molecule has 0 fully saturated rings. The number of amides is 2. The summed E-state index contributed by atoms with van der Waals surface area (Å²) in [6.45, 7) is 19.6. The van der Waals surface area contributed by atoms with Crippen LogP contribution in [0.3, 0.4) is 0 Å². The smallest absolute Gasteiger partial charge is 0.261 e. The van der Waals surface area contributed by atoms with E-state index in [4.69, 9.17) is 9.97 Å². The van der Waals surface area contributed by atoms with Crippen LogP contribution in [0.1, 0.15) is 344 Å². The van der Waals surface area contributed by atoms with E-state index in [1.807, 2.05) is 45.3 Å². The number of aryl methyl sites for hydroxylation is 4. The van der Waals surface area contributed by atoms with Gasteiger partial charge < -0.3 is 9.80 Å². The second kappa shape index (κ2) is 44.9. The molecule has 6 aromatic rings. The van der Waals surface area contributed by atoms with Crippen LogP contribution in [0.4, 0.5) is 0 Å². The van der Waals surface area contributed by atoms with Crippen molar-refractivity contribution in [3.8, 4) is 39.0 Å². The van der Waals surface area contributed by atoms with Gasteiger partial charge in [0.05, 0.1) is 39.9 Å². The van der Waals surface area contributed by atoms with Gasteiger partial charge in [0, 0.05) is 54.7 Å². The highest BCUT2D eigenvalue weighted by Gasteiger charge is 2.51. The lowest BCUT2D eigenvalue weighted by Crippen LogP contribution is -2.35. The van der Waals surface area contributed by atoms with E-state index < -0.39 is 0 Å². The average molecular weight is 1570 g/mol. The normalized spacial score (nSPS) is 14.1. The second-order valence-corrected chi connectivity index (χ2v) is 37.8. The van der Waals surface area contributed by atoms with E-state index in [2.05, 4.69) is 134 Å². The topological polar surface area (TPSA) is 66.4 Å². The van der Waals surface area contributed by atoms with Gasteiger partial charge in [0.15, 0.2) is 0 Å². The Morgan fingerprint density at radius 3 is 0.929 bits per heavy atom. The molecule has 2 aliphatic heterocycles. The Bertz CT molecular complexity index is 3150. The molecule has 0 bridgehead atoms. The number of carbonyl (C=O) groups is 2. The quantitative estimate of drug-likeness (QED) is 0.0357. The third-order valence-corrected chi connectivity index (χ3v) is 29.6. The molecule has 98 heavy (non-hydrogen) atoms. The number of thiophene rings is 4. The maximum Gasteiger partial charge on any atom is 0.261 e. The monoisotopic (exact) mass is 1570 g/mol. The van der Waals surface area contributed by atoms with E-state index in [-0.39, 0.29) is 11.8 Å². The van der Waals surface area contributed by atoms with Gasteiger partial charge >= 0.3 is 0 Å². The van der Waals surface area contributed by atoms with E-state index in [9.17, 15) is 0 Å². The van der Waals surface area contributed by atoms with Crippen LogP contribution in [0.15, 0.2) is 55.4 Å². The number of unbranched alkanes of at least 4 members (excludes halogenated alkanes) is 28. The van der Waals surface area contributed by atoms with Crippen molar-refractivity contribution < 1.29 is 9.59 Å². The maximum absolute atomic E-state index is 16.5. The van der Waals surface area contributed by atoms with Gasteiger partial charge in [0.1, 0.15) is 10.0 Å². The Kier molecular flexibility index (Phi) is 37.2. The number of carbonyl (C=O) groups excluding carboxylic acids is 2. The summed E-state index contributed by atoms with van der Waals surface area (Å²) in [4.78, 5) is 58.3. The highest BCUT2D eigenvalue weighted by atomic mass is 79.9. The molecule has 8 rings (SSSR count). The van der Waals surface area contributed by atoms with Crippen LogP contribution in [-0.2, 0) is 35.3 Å². The SMILES string of the molecule is CCCCCCCCC(CCCCCC)CN1C(=O)C2=C(c3ncc(-c4cc(CCCCCC)c(-c5cc(CCCCCC)c(Br)s5)s4)s3)N(CC(CCCCCC)CCCCCCCC)C(=O)C2=C1c1ncc(-c2cc(CCCCCC)c(-c3cc(CCCCCC)c(Br)s3)s2)s1. The average Bonchev–Trinajstić information content (AvgIpc) is 1.55. The van der Waals surface area contributed by atoms with Crippen LogP contribution in [0, 0.1) is 11.8 Å². The van der Waals surface area contributed by atoms with Crippen LogP contribution in [0.2, 0.25) is 0 Å². The van der Waals surface area contributed by atoms with E-state index in [1.165, 1.54) is 265 Å². The van der Waals surface area contributed by atoms with E-state index >= 15 is 9.59 Å². The van der Waals surface area contributed by atoms with Gasteiger partial charge in [0.25, 0.3) is 11.8 Å². The Morgan fingerprint density at radius 2 is 0.602 bits per heavy atom. The number of thiazole rings is 2. The first-order chi connectivity index (χ1) is 48.0. The Labute approximate surface area is 636 Å². The summed E-state index contributed by atoms with van der Waals surface area (Å²) in [6.07, 6.45) is 57.0. The van der Waals surface area contributed by atoms with Gasteiger partial charge in [-0.1, -0.05) is 261 Å². The summed E-state index contributed by atoms with van der Waals surface area (Å²) in [5.74, 6) is 0.553. The molecular formula is C84H124Br2N4O2S6. The maximum atomic E-state index is 16.5. The Balaban J connectivity index is 1.27. The molecular weight excluding hydrogens is 1450 g/mol. The van der Waals surface area contributed by atoms with Crippen molar-refractivity contribution in [3.05, 3.63) is 87.6 Å². The summed E-state index contributed by atoms with van der Waals surface area (Å²) >= 11 is 19.1. The van der Waals surface area contributed by atoms with Crippen molar-refractivity contribution >= 4 is 123 Å². The van der Waals surface area contributed by atoms with Crippen molar-refractivity contribution in [1.82, 2.24) is 19.8 Å². The van der Waals surface area contributed by atoms with Gasteiger partial charge in [-0.15, -0.1) is 68.0 Å². The molecule has 0 aliphatic carbocycles. The molecule has 0 aromatic carbocycles. The summed E-state index contributed by atoms with van der Waals surface area (Å²) < 4.78 is 2.53. The first kappa shape index (κ1) is 81.1. The number of nitrogens with zero attached hydrogens (tertiary/aromatic N) is 4. The molecule has 0 saturated heterocycles. The third kappa shape index (κ3) is 23.7. The molecule has 2 aliphatic rings. The minimum absolute atomic E-state index is 0.0330. The van der Waals surface area contributed by atoms with Gasteiger partial charge in [-0.3, -0.25) is 9.59 Å². The highest BCUT2D eigenvalue weighted by molar-refractivity contribution is 9.11. The van der Waals surface area contributed by atoms with Crippen molar-refractivity contribution in [1.29, 1.82) is 0 Å². The lowest BCUT2D eigenvalue weighted by atomic mass is 9.93. The lowest BCUT2D eigenvalue weighted by molar-refractivity contribution is -0.124.